The average Bonchev–Trinajstić information content (AvgIpc) is 2.85. The van der Waals surface area contributed by atoms with Crippen LogP contribution in [0, 0.1) is 0 Å². The lowest BCUT2D eigenvalue weighted by atomic mass is 10.2. The topological polar surface area (TPSA) is 73.8 Å². The van der Waals surface area contributed by atoms with Gasteiger partial charge in [-0.3, -0.25) is 9.78 Å². The van der Waals surface area contributed by atoms with E-state index in [1.807, 2.05) is 42.5 Å². The third-order valence-electron chi connectivity index (χ3n) is 5.68. The second kappa shape index (κ2) is 9.91. The van der Waals surface area contributed by atoms with Crippen LogP contribution in [-0.4, -0.2) is 61.7 Å². The molecular formula is C24H25ClN4O3S. The lowest BCUT2D eigenvalue weighted by Gasteiger charge is -2.35. The van der Waals surface area contributed by atoms with Crippen molar-refractivity contribution in [2.75, 3.05) is 38.1 Å². The van der Waals surface area contributed by atoms with Gasteiger partial charge in [-0.15, -0.1) is 0 Å². The van der Waals surface area contributed by atoms with Crippen LogP contribution in [0.1, 0.15) is 15.9 Å². The van der Waals surface area contributed by atoms with E-state index in [4.69, 9.17) is 11.6 Å². The Morgan fingerprint density at radius 3 is 2.33 bits per heavy atom. The minimum Gasteiger partial charge on any atom is -0.369 e. The highest BCUT2D eigenvalue weighted by Crippen LogP contribution is 2.26. The largest absolute Gasteiger partial charge is 0.369 e. The number of pyridine rings is 1. The van der Waals surface area contributed by atoms with Gasteiger partial charge in [0, 0.05) is 57.9 Å². The molecule has 0 saturated carbocycles. The van der Waals surface area contributed by atoms with E-state index in [1.165, 1.54) is 27.4 Å². The second-order valence-electron chi connectivity index (χ2n) is 7.89. The predicted molar refractivity (Wildman–Crippen MR) is 129 cm³/mol. The fourth-order valence-electron chi connectivity index (χ4n) is 3.84. The van der Waals surface area contributed by atoms with Crippen molar-refractivity contribution in [3.63, 3.8) is 0 Å². The first-order chi connectivity index (χ1) is 15.9. The van der Waals surface area contributed by atoms with Crippen molar-refractivity contribution in [2.45, 2.75) is 11.4 Å². The maximum Gasteiger partial charge on any atom is 0.255 e. The minimum absolute atomic E-state index is 0.0701. The van der Waals surface area contributed by atoms with Crippen LogP contribution in [0.25, 0.3) is 0 Å². The standard InChI is InChI=1S/C24H25ClN4O3S/c1-27(18-19-9-11-26-12-10-19)24(30)22-17-21(7-8-23(22)25)33(31,32)29-15-13-28(14-16-29)20-5-3-2-4-6-20/h2-12,17H,13-16,18H2,1H3. The molecule has 0 radical (unpaired) electrons. The molecule has 1 aliphatic heterocycles. The fourth-order valence-corrected chi connectivity index (χ4v) is 5.49. The van der Waals surface area contributed by atoms with Crippen LogP contribution in [0.4, 0.5) is 5.69 Å². The van der Waals surface area contributed by atoms with Crippen molar-refractivity contribution in [2.24, 2.45) is 0 Å². The summed E-state index contributed by atoms with van der Waals surface area (Å²) in [5.74, 6) is -0.345. The lowest BCUT2D eigenvalue weighted by molar-refractivity contribution is 0.0785. The molecule has 0 N–H and O–H groups in total. The average molecular weight is 485 g/mol. The molecule has 0 atom stereocenters. The van der Waals surface area contributed by atoms with Crippen molar-refractivity contribution in [1.82, 2.24) is 14.2 Å². The molecule has 1 fully saturated rings. The number of hydrogen-bond donors (Lipinski definition) is 0. The van der Waals surface area contributed by atoms with Gasteiger partial charge in [-0.05, 0) is 48.0 Å². The number of nitrogens with zero attached hydrogens (tertiary/aromatic N) is 4. The summed E-state index contributed by atoms with van der Waals surface area (Å²) in [4.78, 5) is 20.8. The number of amides is 1. The van der Waals surface area contributed by atoms with Crippen LogP contribution in [0.5, 0.6) is 0 Å². The monoisotopic (exact) mass is 484 g/mol. The van der Waals surface area contributed by atoms with E-state index in [0.29, 0.717) is 32.7 Å². The Hall–Kier alpha value is -2.94. The van der Waals surface area contributed by atoms with Gasteiger partial charge in [0.1, 0.15) is 0 Å². The highest BCUT2D eigenvalue weighted by atomic mass is 35.5. The number of para-hydroxylation sites is 1. The van der Waals surface area contributed by atoms with Crippen LogP contribution in [0.3, 0.4) is 0 Å². The molecule has 0 bridgehead atoms. The Morgan fingerprint density at radius 2 is 1.67 bits per heavy atom. The molecule has 172 valence electrons. The van der Waals surface area contributed by atoms with Gasteiger partial charge in [0.15, 0.2) is 0 Å². The number of carbonyl (C=O) groups is 1. The van der Waals surface area contributed by atoms with E-state index in [-0.39, 0.29) is 21.4 Å². The molecule has 4 rings (SSSR count). The van der Waals surface area contributed by atoms with E-state index in [1.54, 1.807) is 19.4 Å². The van der Waals surface area contributed by atoms with Crippen molar-refractivity contribution < 1.29 is 13.2 Å². The highest BCUT2D eigenvalue weighted by Gasteiger charge is 2.30. The number of carbonyl (C=O) groups excluding carboxylic acids is 1. The van der Waals surface area contributed by atoms with E-state index in [9.17, 15) is 13.2 Å². The van der Waals surface area contributed by atoms with Gasteiger partial charge in [0.25, 0.3) is 5.91 Å². The zero-order valence-electron chi connectivity index (χ0n) is 18.3. The van der Waals surface area contributed by atoms with Crippen LogP contribution in [-0.2, 0) is 16.6 Å². The van der Waals surface area contributed by atoms with Gasteiger partial charge in [0.05, 0.1) is 15.5 Å². The summed E-state index contributed by atoms with van der Waals surface area (Å²) in [7, 11) is -2.10. The Labute approximate surface area is 199 Å². The zero-order valence-corrected chi connectivity index (χ0v) is 19.8. The maximum atomic E-state index is 13.3. The van der Waals surface area contributed by atoms with Crippen molar-refractivity contribution in [1.29, 1.82) is 0 Å². The van der Waals surface area contributed by atoms with E-state index >= 15 is 0 Å². The normalized spacial score (nSPS) is 14.8. The van der Waals surface area contributed by atoms with Gasteiger partial charge in [-0.2, -0.15) is 4.31 Å². The number of piperazine rings is 1. The van der Waals surface area contributed by atoms with Gasteiger partial charge in [-0.25, -0.2) is 8.42 Å². The maximum absolute atomic E-state index is 13.3. The number of halogens is 1. The number of rotatable bonds is 6. The van der Waals surface area contributed by atoms with Crippen LogP contribution < -0.4 is 4.90 Å². The molecule has 1 saturated heterocycles. The molecule has 1 amide bonds. The number of hydrogen-bond acceptors (Lipinski definition) is 5. The first-order valence-electron chi connectivity index (χ1n) is 10.6. The lowest BCUT2D eigenvalue weighted by Crippen LogP contribution is -2.48. The quantitative estimate of drug-likeness (QED) is 0.535. The molecule has 9 heteroatoms. The molecular weight excluding hydrogens is 460 g/mol. The third kappa shape index (κ3) is 5.19. The van der Waals surface area contributed by atoms with E-state index in [0.717, 1.165) is 11.3 Å². The van der Waals surface area contributed by atoms with Gasteiger partial charge in [-0.1, -0.05) is 29.8 Å². The molecule has 0 spiro atoms. The predicted octanol–water partition coefficient (Wildman–Crippen LogP) is 3.52. The number of benzene rings is 2. The van der Waals surface area contributed by atoms with Crippen molar-refractivity contribution >= 4 is 33.2 Å². The van der Waals surface area contributed by atoms with Crippen LogP contribution in [0.2, 0.25) is 5.02 Å². The molecule has 2 heterocycles. The van der Waals surface area contributed by atoms with E-state index in [2.05, 4.69) is 9.88 Å². The summed E-state index contributed by atoms with van der Waals surface area (Å²) in [5, 5.41) is 0.217. The van der Waals surface area contributed by atoms with Crippen LogP contribution >= 0.6 is 11.6 Å². The zero-order chi connectivity index (χ0) is 23.4. The SMILES string of the molecule is CN(Cc1ccncc1)C(=O)c1cc(S(=O)(=O)N2CCN(c3ccccc3)CC2)ccc1Cl. The molecule has 3 aromatic rings. The number of sulfonamides is 1. The highest BCUT2D eigenvalue weighted by molar-refractivity contribution is 7.89. The smallest absolute Gasteiger partial charge is 0.255 e. The van der Waals surface area contributed by atoms with Gasteiger partial charge < -0.3 is 9.80 Å². The minimum atomic E-state index is -3.76. The second-order valence-corrected chi connectivity index (χ2v) is 10.2. The molecule has 7 nitrogen and oxygen atoms in total. The molecule has 1 aromatic heterocycles. The van der Waals surface area contributed by atoms with Crippen molar-refractivity contribution in [3.05, 3.63) is 89.2 Å². The van der Waals surface area contributed by atoms with Gasteiger partial charge in [0.2, 0.25) is 10.0 Å². The Bertz CT molecular complexity index is 1210. The molecule has 33 heavy (non-hydrogen) atoms. The van der Waals surface area contributed by atoms with E-state index < -0.39 is 10.0 Å². The fraction of sp³-hybridized carbons (Fsp3) is 0.250. The molecule has 0 aliphatic carbocycles. The van der Waals surface area contributed by atoms with Crippen LogP contribution in [0.15, 0.2) is 78.0 Å². The molecule has 2 aromatic carbocycles. The summed E-state index contributed by atoms with van der Waals surface area (Å²) in [5.41, 5.74) is 2.15. The Balaban J connectivity index is 1.50. The van der Waals surface area contributed by atoms with Gasteiger partial charge >= 0.3 is 0 Å². The molecule has 0 unspecified atom stereocenters. The summed E-state index contributed by atoms with van der Waals surface area (Å²) in [6, 6.07) is 17.9. The first kappa shape index (κ1) is 23.2. The third-order valence-corrected chi connectivity index (χ3v) is 7.91. The molecule has 1 aliphatic rings. The first-order valence-corrected chi connectivity index (χ1v) is 12.4. The Morgan fingerprint density at radius 1 is 1.00 bits per heavy atom. The summed E-state index contributed by atoms with van der Waals surface area (Å²) >= 11 is 6.29. The van der Waals surface area contributed by atoms with Crippen molar-refractivity contribution in [3.8, 4) is 0 Å². The summed E-state index contributed by atoms with van der Waals surface area (Å²) in [6.07, 6.45) is 3.32. The number of anilines is 1. The summed E-state index contributed by atoms with van der Waals surface area (Å²) < 4.78 is 28.1. The summed E-state index contributed by atoms with van der Waals surface area (Å²) in [6.45, 7) is 2.28. The number of aromatic nitrogens is 1. The Kier molecular flexibility index (Phi) is 6.97.